The summed E-state index contributed by atoms with van der Waals surface area (Å²) in [5.41, 5.74) is 2.06. The Morgan fingerprint density at radius 1 is 1.43 bits per heavy atom. The zero-order chi connectivity index (χ0) is 22.1. The number of carbonyl (C=O) groups is 2. The summed E-state index contributed by atoms with van der Waals surface area (Å²) in [6.45, 7) is 7.21. The van der Waals surface area contributed by atoms with E-state index in [2.05, 4.69) is 15.9 Å². The fourth-order valence-electron chi connectivity index (χ4n) is 2.78. The molecule has 1 aromatic rings. The topological polar surface area (TPSA) is 99.8 Å². The van der Waals surface area contributed by atoms with Crippen LogP contribution in [0, 0.1) is 11.3 Å². The molecule has 0 aromatic heterocycles. The van der Waals surface area contributed by atoms with Gasteiger partial charge in [0.15, 0.2) is 0 Å². The number of hydrogen-bond acceptors (Lipinski definition) is 7. The molecule has 0 amide bonds. The van der Waals surface area contributed by atoms with Crippen LogP contribution in [-0.4, -0.2) is 41.0 Å². The first kappa shape index (κ1) is 24.3. The van der Waals surface area contributed by atoms with Crippen LogP contribution in [0.5, 0.6) is 0 Å². The van der Waals surface area contributed by atoms with Crippen LogP contribution >= 0.6 is 11.8 Å². The van der Waals surface area contributed by atoms with Crippen molar-refractivity contribution >= 4 is 29.2 Å². The number of aliphatic hydroxyl groups excluding tert-OH is 1. The van der Waals surface area contributed by atoms with Gasteiger partial charge in [0.1, 0.15) is 6.61 Å². The number of hydrogen-bond donors (Lipinski definition) is 1. The second-order valence-electron chi connectivity index (χ2n) is 6.69. The molecule has 1 aromatic carbocycles. The monoisotopic (exact) mass is 539 g/mol. The zero-order valence-corrected chi connectivity index (χ0v) is 20.0. The van der Waals surface area contributed by atoms with Crippen molar-refractivity contribution < 1.29 is 40.9 Å². The van der Waals surface area contributed by atoms with E-state index in [9.17, 15) is 14.9 Å². The normalized spacial score (nSPS) is 16.5. The minimum absolute atomic E-state index is 0.0165. The summed E-state index contributed by atoms with van der Waals surface area (Å²) < 4.78 is 10.3. The first-order valence-corrected chi connectivity index (χ1v) is 12.3. The van der Waals surface area contributed by atoms with Crippen LogP contribution in [-0.2, 0) is 9.53 Å². The number of thioether (sulfide) groups is 1. The van der Waals surface area contributed by atoms with Gasteiger partial charge in [-0.1, -0.05) is 0 Å². The molecule has 1 N–H and O–H groups in total. The quantitative estimate of drug-likeness (QED) is 0.284. The maximum absolute atomic E-state index is 12.5. The fraction of sp³-hybridized carbons (Fsp3) is 0.364. The van der Waals surface area contributed by atoms with Crippen LogP contribution in [0.1, 0.15) is 49.0 Å². The number of allylic oxidation sites excluding steroid dienone is 3. The van der Waals surface area contributed by atoms with E-state index in [0.717, 1.165) is 26.9 Å². The molecule has 2 rings (SSSR count). The average Bonchev–Trinajstić information content (AvgIpc) is 2.75. The summed E-state index contributed by atoms with van der Waals surface area (Å²) in [6.07, 6.45) is 4.23. The van der Waals surface area contributed by atoms with Gasteiger partial charge in [-0.3, -0.25) is 0 Å². The molecule has 1 aliphatic carbocycles. The average molecular weight is 539 g/mol. The van der Waals surface area contributed by atoms with Crippen molar-refractivity contribution in [3.8, 4) is 6.07 Å². The number of Topliss-reactive ketones (excluding diaryl/α,β-unsaturated/α-hetero) is 1. The van der Waals surface area contributed by atoms with E-state index in [1.807, 2.05) is 13.0 Å². The summed E-state index contributed by atoms with van der Waals surface area (Å²) in [5, 5.41) is 18.5. The van der Waals surface area contributed by atoms with E-state index in [1.54, 1.807) is 30.8 Å². The van der Waals surface area contributed by atoms with Crippen molar-refractivity contribution in [1.29, 1.82) is 5.26 Å². The molecule has 0 fully saturated rings. The summed E-state index contributed by atoms with van der Waals surface area (Å²) >= 11 is 1.06. The summed E-state index contributed by atoms with van der Waals surface area (Å²) in [6, 6.07) is 7.03. The Balaban J connectivity index is 2.02. The van der Waals surface area contributed by atoms with Crippen molar-refractivity contribution in [2.75, 3.05) is 13.2 Å². The summed E-state index contributed by atoms with van der Waals surface area (Å²) in [7, 11) is 0. The Labute approximate surface area is 191 Å². The number of aliphatic hydroxyl groups is 1. The van der Waals surface area contributed by atoms with E-state index in [0.29, 0.717) is 17.7 Å². The van der Waals surface area contributed by atoms with Gasteiger partial charge in [0.2, 0.25) is 0 Å². The van der Waals surface area contributed by atoms with E-state index in [4.69, 9.17) is 9.84 Å². The molecule has 0 saturated carbocycles. The molecule has 0 bridgehead atoms. The Morgan fingerprint density at radius 2 is 2.20 bits per heavy atom. The summed E-state index contributed by atoms with van der Waals surface area (Å²) in [5.74, 6) is -0.546. The Hall–Kier alpha value is -1.96. The van der Waals surface area contributed by atoms with Crippen molar-refractivity contribution in [2.45, 2.75) is 43.3 Å². The van der Waals surface area contributed by atoms with Gasteiger partial charge in [0, 0.05) is 0 Å². The Bertz CT molecular complexity index is 934. The molecule has 1 unspecified atom stereocenters. The van der Waals surface area contributed by atoms with Crippen LogP contribution in [0.25, 0.3) is 0 Å². The van der Waals surface area contributed by atoms with Crippen LogP contribution in [0.15, 0.2) is 48.1 Å². The van der Waals surface area contributed by atoms with Gasteiger partial charge in [0.25, 0.3) is 0 Å². The Morgan fingerprint density at radius 3 is 2.80 bits per heavy atom. The zero-order valence-electron chi connectivity index (χ0n) is 17.0. The number of esters is 1. The van der Waals surface area contributed by atoms with Crippen LogP contribution < -0.4 is 21.5 Å². The molecule has 160 valence electrons. The molecule has 0 saturated heterocycles. The van der Waals surface area contributed by atoms with Crippen molar-refractivity contribution in [3.63, 3.8) is 0 Å². The molecule has 1 atom stereocenters. The number of ether oxygens (including phenoxy) is 1. The number of benzene rings is 1. The molecule has 8 heteroatoms. The number of carbonyl (C=O) groups excluding carboxylic acids is 2. The molecular weight excluding hydrogens is 515 g/mol. The van der Waals surface area contributed by atoms with Gasteiger partial charge in [0.05, 0.1) is 6.61 Å². The van der Waals surface area contributed by atoms with E-state index < -0.39 is 27.4 Å². The Kier molecular flexibility index (Phi) is 9.75. The number of nitrogens with zero attached hydrogens (tertiary/aromatic N) is 2. The third-order valence-electron chi connectivity index (χ3n) is 4.25. The second kappa shape index (κ2) is 12.0. The van der Waals surface area contributed by atoms with Gasteiger partial charge in [-0.25, -0.2) is 4.79 Å². The van der Waals surface area contributed by atoms with Gasteiger partial charge in [-0.2, -0.15) is 0 Å². The predicted octanol–water partition coefficient (Wildman–Crippen LogP) is 0.846. The van der Waals surface area contributed by atoms with Crippen LogP contribution in [0.2, 0.25) is 0 Å². The van der Waals surface area contributed by atoms with Crippen molar-refractivity contribution in [3.05, 3.63) is 51.1 Å². The van der Waals surface area contributed by atoms with E-state index in [1.165, 1.54) is 6.07 Å². The SMILES string of the molecule is C=C(C)[I-]N=C(C)C(=O)C1=CCC(Sc2ccc(C(=O)OCCO)cc2C#N)CC1. The molecule has 0 spiro atoms. The molecule has 0 radical (unpaired) electrons. The molecule has 1 aliphatic rings. The van der Waals surface area contributed by atoms with Crippen molar-refractivity contribution in [2.24, 2.45) is 3.21 Å². The van der Waals surface area contributed by atoms with Crippen LogP contribution in [0.4, 0.5) is 0 Å². The van der Waals surface area contributed by atoms with Gasteiger partial charge in [-0.15, -0.1) is 0 Å². The molecule has 0 heterocycles. The third kappa shape index (κ3) is 7.07. The number of halogens is 1. The predicted molar refractivity (Wildman–Crippen MR) is 113 cm³/mol. The molecular formula is C22H24IN2O4S-. The van der Waals surface area contributed by atoms with E-state index in [-0.39, 0.29) is 29.8 Å². The number of nitriles is 1. The molecule has 0 aliphatic heterocycles. The summed E-state index contributed by atoms with van der Waals surface area (Å²) in [4.78, 5) is 25.2. The van der Waals surface area contributed by atoms with Gasteiger partial charge >= 0.3 is 164 Å². The van der Waals surface area contributed by atoms with Gasteiger partial charge in [-0.05, 0) is 0 Å². The van der Waals surface area contributed by atoms with Crippen molar-refractivity contribution in [1.82, 2.24) is 0 Å². The first-order chi connectivity index (χ1) is 14.3. The second-order valence-corrected chi connectivity index (χ2v) is 10.8. The minimum atomic E-state index is -0.563. The van der Waals surface area contributed by atoms with Crippen LogP contribution in [0.3, 0.4) is 0 Å². The third-order valence-corrected chi connectivity index (χ3v) is 7.41. The van der Waals surface area contributed by atoms with E-state index >= 15 is 0 Å². The molecule has 6 nitrogen and oxygen atoms in total. The molecule has 30 heavy (non-hydrogen) atoms. The number of ketones is 1. The fourth-order valence-corrected chi connectivity index (χ4v) is 4.94. The van der Waals surface area contributed by atoms with Gasteiger partial charge < -0.3 is 9.84 Å². The maximum atomic E-state index is 12.5. The number of rotatable bonds is 9. The standard InChI is InChI=1S/C22H24IN2O4S/c1-14(2)23-25-15(3)21(27)16-4-7-19(8-5-16)30-20-9-6-17(12-18(20)13-24)22(28)29-11-10-26/h4,6,9,12,19,26H,1,5,7-8,10-11H2,2-3H3/q-1. The first-order valence-electron chi connectivity index (χ1n) is 9.42.